The van der Waals surface area contributed by atoms with Gasteiger partial charge in [0.1, 0.15) is 22.6 Å². The zero-order chi connectivity index (χ0) is 25.8. The van der Waals surface area contributed by atoms with Crippen molar-refractivity contribution in [1.82, 2.24) is 4.31 Å². The third-order valence-electron chi connectivity index (χ3n) is 5.38. The molecule has 0 saturated heterocycles. The number of hydrogen-bond acceptors (Lipinski definition) is 4. The highest BCUT2D eigenvalue weighted by atomic mass is 32.2. The highest BCUT2D eigenvalue weighted by molar-refractivity contribution is 7.82. The normalized spacial score (nSPS) is 13.4. The highest BCUT2D eigenvalue weighted by Gasteiger charge is 2.31. The molecule has 2 unspecified atom stereocenters. The van der Waals surface area contributed by atoms with E-state index >= 15 is 0 Å². The number of benzene rings is 3. The Balaban J connectivity index is 1.99. The molecule has 2 atom stereocenters. The Hall–Kier alpha value is -3.24. The summed E-state index contributed by atoms with van der Waals surface area (Å²) in [6, 6.07) is 14.4. The average Bonchev–Trinajstić information content (AvgIpc) is 2.85. The number of nitrogens with zero attached hydrogens (tertiary/aromatic N) is 1. The maximum Gasteiger partial charge on any atom is 0.416 e. The minimum Gasteiger partial charge on any atom is -0.481 e. The lowest BCUT2D eigenvalue weighted by Crippen LogP contribution is -2.25. The number of alkyl halides is 3. The van der Waals surface area contributed by atoms with Crippen LogP contribution in [0.25, 0.3) is 11.1 Å². The zero-order valence-electron chi connectivity index (χ0n) is 19.1. The monoisotopic (exact) mass is 509 g/mol. The van der Waals surface area contributed by atoms with Gasteiger partial charge in [-0.1, -0.05) is 18.2 Å². The third-order valence-corrected chi connectivity index (χ3v) is 6.90. The van der Waals surface area contributed by atoms with E-state index in [1.165, 1.54) is 43.5 Å². The van der Waals surface area contributed by atoms with Gasteiger partial charge in [0.05, 0.1) is 17.6 Å². The van der Waals surface area contributed by atoms with Gasteiger partial charge in [0, 0.05) is 18.7 Å². The molecule has 0 N–H and O–H groups in total. The molecule has 0 aliphatic rings. The van der Waals surface area contributed by atoms with Crippen LogP contribution < -0.4 is 4.74 Å². The standard InChI is InChI=1S/C25H23F4NO4S/c1-16(30(2)35(32)21-10-8-20(26)9-11-21)17-7-12-23(34-15-24(31)33-3)22(14-17)18-5-4-6-19(13-18)25(27,28)29/h4-14,16H,15H2,1-3H3. The van der Waals surface area contributed by atoms with Crippen LogP contribution >= 0.6 is 0 Å². The van der Waals surface area contributed by atoms with Crippen molar-refractivity contribution >= 4 is 17.0 Å². The molecular weight excluding hydrogens is 486 g/mol. The van der Waals surface area contributed by atoms with Crippen LogP contribution in [0.5, 0.6) is 5.75 Å². The SMILES string of the molecule is COC(=O)COc1ccc(C(C)N(C)S(=O)c2ccc(F)cc2)cc1-c1cccc(C(F)(F)F)c1. The van der Waals surface area contributed by atoms with E-state index < -0.39 is 47.2 Å². The third kappa shape index (κ3) is 6.46. The van der Waals surface area contributed by atoms with Gasteiger partial charge < -0.3 is 9.47 Å². The van der Waals surface area contributed by atoms with Gasteiger partial charge in [-0.2, -0.15) is 13.2 Å². The first-order valence-electron chi connectivity index (χ1n) is 10.4. The van der Waals surface area contributed by atoms with Gasteiger partial charge in [0.15, 0.2) is 6.61 Å². The van der Waals surface area contributed by atoms with Crippen LogP contribution in [0.3, 0.4) is 0 Å². The molecule has 0 heterocycles. The van der Waals surface area contributed by atoms with Crippen molar-refractivity contribution < 1.29 is 36.0 Å². The van der Waals surface area contributed by atoms with E-state index in [1.54, 1.807) is 36.5 Å². The number of methoxy groups -OCH3 is 1. The summed E-state index contributed by atoms with van der Waals surface area (Å²) in [7, 11) is 1.19. The van der Waals surface area contributed by atoms with Crippen LogP contribution in [0.2, 0.25) is 0 Å². The van der Waals surface area contributed by atoms with E-state index in [2.05, 4.69) is 4.74 Å². The molecule has 10 heteroatoms. The molecule has 0 saturated carbocycles. The Bertz CT molecular complexity index is 1210. The first-order chi connectivity index (χ1) is 16.5. The Morgan fingerprint density at radius 1 is 1.06 bits per heavy atom. The molecule has 0 radical (unpaired) electrons. The van der Waals surface area contributed by atoms with Crippen molar-refractivity contribution in [2.24, 2.45) is 0 Å². The largest absolute Gasteiger partial charge is 0.481 e. The van der Waals surface area contributed by atoms with E-state index in [4.69, 9.17) is 4.74 Å². The molecule has 0 bridgehead atoms. The smallest absolute Gasteiger partial charge is 0.416 e. The van der Waals surface area contributed by atoms with Crippen molar-refractivity contribution in [3.63, 3.8) is 0 Å². The molecule has 0 aromatic heterocycles. The van der Waals surface area contributed by atoms with E-state index in [0.29, 0.717) is 16.0 Å². The zero-order valence-corrected chi connectivity index (χ0v) is 20.0. The fourth-order valence-corrected chi connectivity index (χ4v) is 4.40. The lowest BCUT2D eigenvalue weighted by Gasteiger charge is -2.25. The maximum absolute atomic E-state index is 13.3. The van der Waals surface area contributed by atoms with Crippen LogP contribution in [0.4, 0.5) is 17.6 Å². The summed E-state index contributed by atoms with van der Waals surface area (Å²) in [5, 5.41) is 0. The van der Waals surface area contributed by atoms with Gasteiger partial charge in [-0.15, -0.1) is 0 Å². The second-order valence-corrected chi connectivity index (χ2v) is 9.17. The summed E-state index contributed by atoms with van der Waals surface area (Å²) >= 11 is 0. The Morgan fingerprint density at radius 3 is 2.37 bits per heavy atom. The van der Waals surface area contributed by atoms with E-state index in [0.717, 1.165) is 12.1 Å². The van der Waals surface area contributed by atoms with Crippen molar-refractivity contribution in [3.8, 4) is 16.9 Å². The van der Waals surface area contributed by atoms with Crippen LogP contribution in [0.1, 0.15) is 24.1 Å². The number of carbonyl (C=O) groups excluding carboxylic acids is 1. The second kappa shape index (κ2) is 11.0. The number of carbonyl (C=O) groups is 1. The highest BCUT2D eigenvalue weighted by Crippen LogP contribution is 2.37. The van der Waals surface area contributed by atoms with E-state index in [9.17, 15) is 26.6 Å². The summed E-state index contributed by atoms with van der Waals surface area (Å²) in [6.45, 7) is 1.35. The van der Waals surface area contributed by atoms with Crippen LogP contribution in [0.15, 0.2) is 71.6 Å². The second-order valence-electron chi connectivity index (χ2n) is 7.62. The maximum atomic E-state index is 13.3. The Kier molecular flexibility index (Phi) is 8.29. The molecule has 3 rings (SSSR count). The molecule has 0 spiro atoms. The lowest BCUT2D eigenvalue weighted by molar-refractivity contribution is -0.143. The number of ether oxygens (including phenoxy) is 2. The molecule has 0 aliphatic carbocycles. The molecule has 3 aromatic carbocycles. The quantitative estimate of drug-likeness (QED) is 0.285. The fraction of sp³-hybridized carbons (Fsp3) is 0.240. The van der Waals surface area contributed by atoms with Gasteiger partial charge in [-0.25, -0.2) is 17.7 Å². The minimum absolute atomic E-state index is 0.188. The minimum atomic E-state index is -4.54. The van der Waals surface area contributed by atoms with E-state index in [-0.39, 0.29) is 11.3 Å². The molecular formula is C25H23F4NO4S. The first-order valence-corrected chi connectivity index (χ1v) is 11.5. The van der Waals surface area contributed by atoms with Gasteiger partial charge >= 0.3 is 12.1 Å². The summed E-state index contributed by atoms with van der Waals surface area (Å²) < 4.78 is 77.8. The van der Waals surface area contributed by atoms with Crippen molar-refractivity contribution in [2.75, 3.05) is 20.8 Å². The molecule has 5 nitrogen and oxygen atoms in total. The van der Waals surface area contributed by atoms with Gasteiger partial charge in [0.2, 0.25) is 0 Å². The van der Waals surface area contributed by atoms with Gasteiger partial charge in [0.25, 0.3) is 0 Å². The molecule has 186 valence electrons. The molecule has 0 fully saturated rings. The van der Waals surface area contributed by atoms with Crippen LogP contribution in [0, 0.1) is 5.82 Å². The molecule has 0 aliphatic heterocycles. The topological polar surface area (TPSA) is 55.8 Å². The average molecular weight is 510 g/mol. The summed E-state index contributed by atoms with van der Waals surface area (Å²) in [4.78, 5) is 12.0. The van der Waals surface area contributed by atoms with Crippen LogP contribution in [-0.2, 0) is 26.7 Å². The lowest BCUT2D eigenvalue weighted by atomic mass is 9.97. The molecule has 35 heavy (non-hydrogen) atoms. The number of halogens is 4. The van der Waals surface area contributed by atoms with Crippen molar-refractivity contribution in [1.29, 1.82) is 0 Å². The molecule has 3 aromatic rings. The fourth-order valence-electron chi connectivity index (χ4n) is 3.29. The Labute approximate surface area is 202 Å². The van der Waals surface area contributed by atoms with Crippen LogP contribution in [-0.4, -0.2) is 35.2 Å². The number of rotatable bonds is 8. The van der Waals surface area contributed by atoms with Crippen molar-refractivity contribution in [3.05, 3.63) is 83.7 Å². The number of esters is 1. The Morgan fingerprint density at radius 2 is 1.74 bits per heavy atom. The summed E-state index contributed by atoms with van der Waals surface area (Å²) in [5.41, 5.74) is 0.365. The van der Waals surface area contributed by atoms with E-state index in [1.807, 2.05) is 0 Å². The van der Waals surface area contributed by atoms with Gasteiger partial charge in [-0.05, 0) is 66.6 Å². The first kappa shape index (κ1) is 26.4. The molecule has 0 amide bonds. The predicted octanol–water partition coefficient (Wildman–Crippen LogP) is 5.78. The predicted molar refractivity (Wildman–Crippen MR) is 123 cm³/mol. The summed E-state index contributed by atoms with van der Waals surface area (Å²) in [5.74, 6) is -0.908. The van der Waals surface area contributed by atoms with Crippen molar-refractivity contribution in [2.45, 2.75) is 24.0 Å². The van der Waals surface area contributed by atoms with Gasteiger partial charge in [-0.3, -0.25) is 0 Å². The number of hydrogen-bond donors (Lipinski definition) is 0. The summed E-state index contributed by atoms with van der Waals surface area (Å²) in [6.07, 6.45) is -4.54.